The van der Waals surface area contributed by atoms with E-state index >= 15 is 0 Å². The van der Waals surface area contributed by atoms with Crippen molar-refractivity contribution in [2.24, 2.45) is 0 Å². The minimum atomic E-state index is -0.232. The minimum absolute atomic E-state index is 0.0392. The van der Waals surface area contributed by atoms with Gasteiger partial charge in [-0.2, -0.15) is 0 Å². The normalized spacial score (nSPS) is 15.9. The van der Waals surface area contributed by atoms with Crippen LogP contribution in [-0.2, 0) is 0 Å². The topological polar surface area (TPSA) is 70.6 Å². The number of carbonyl (C=O) groups is 1. The summed E-state index contributed by atoms with van der Waals surface area (Å²) < 4.78 is 5.85. The molecule has 0 radical (unpaired) electrons. The number of carbonyl (C=O) groups excluding carboxylic acids is 1. The average molecular weight is 278 g/mol. The molecule has 3 N–H and O–H groups in total. The van der Waals surface area contributed by atoms with Crippen LogP contribution in [-0.4, -0.2) is 42.7 Å². The van der Waals surface area contributed by atoms with Gasteiger partial charge in [0.05, 0.1) is 18.8 Å². The van der Waals surface area contributed by atoms with Gasteiger partial charge in [0, 0.05) is 12.2 Å². The maximum absolute atomic E-state index is 12.0. The maximum Gasteiger partial charge on any atom is 0.176 e. The van der Waals surface area contributed by atoms with Crippen LogP contribution in [0.15, 0.2) is 18.2 Å². The standard InChI is InChI=1S/C15H22N2O3/c1-15(2)10-17-12-8-11(4-5-14(12)20-15)13(19)9-16-6-3-7-18/h4-5,8,16-18H,3,6-7,9-10H2,1-2H3. The summed E-state index contributed by atoms with van der Waals surface area (Å²) in [5.74, 6) is 0.823. The van der Waals surface area contributed by atoms with Gasteiger partial charge in [0.2, 0.25) is 0 Å². The van der Waals surface area contributed by atoms with E-state index in [0.29, 0.717) is 25.1 Å². The van der Waals surface area contributed by atoms with E-state index in [0.717, 1.165) is 11.4 Å². The maximum atomic E-state index is 12.0. The molecule has 1 heterocycles. The van der Waals surface area contributed by atoms with Gasteiger partial charge in [-0.3, -0.25) is 4.79 Å². The molecule has 0 bridgehead atoms. The van der Waals surface area contributed by atoms with E-state index in [1.165, 1.54) is 0 Å². The molecule has 5 heteroatoms. The first-order valence-corrected chi connectivity index (χ1v) is 6.93. The Morgan fingerprint density at radius 3 is 3.05 bits per heavy atom. The molecule has 0 saturated heterocycles. The van der Waals surface area contributed by atoms with Crippen LogP contribution >= 0.6 is 0 Å². The van der Waals surface area contributed by atoms with E-state index in [9.17, 15) is 4.79 Å². The SMILES string of the molecule is CC1(C)CNc2cc(C(=O)CNCCCO)ccc2O1. The lowest BCUT2D eigenvalue weighted by atomic mass is 10.0. The molecule has 0 saturated carbocycles. The molecule has 0 atom stereocenters. The zero-order valence-corrected chi connectivity index (χ0v) is 12.0. The van der Waals surface area contributed by atoms with Crippen molar-refractivity contribution in [1.82, 2.24) is 5.32 Å². The van der Waals surface area contributed by atoms with Gasteiger partial charge in [-0.15, -0.1) is 0 Å². The zero-order chi connectivity index (χ0) is 14.6. The molecule has 20 heavy (non-hydrogen) atoms. The first-order valence-electron chi connectivity index (χ1n) is 6.93. The highest BCUT2D eigenvalue weighted by atomic mass is 16.5. The summed E-state index contributed by atoms with van der Waals surface area (Å²) in [6.45, 7) is 5.82. The first kappa shape index (κ1) is 14.8. The molecule has 0 aromatic heterocycles. The van der Waals surface area contributed by atoms with E-state index < -0.39 is 0 Å². The summed E-state index contributed by atoms with van der Waals surface area (Å²) in [6, 6.07) is 5.46. The van der Waals surface area contributed by atoms with Crippen molar-refractivity contribution in [3.8, 4) is 5.75 Å². The second-order valence-corrected chi connectivity index (χ2v) is 5.60. The lowest BCUT2D eigenvalue weighted by Gasteiger charge is -2.33. The third-order valence-electron chi connectivity index (χ3n) is 3.19. The van der Waals surface area contributed by atoms with E-state index in [2.05, 4.69) is 10.6 Å². The van der Waals surface area contributed by atoms with E-state index in [4.69, 9.17) is 9.84 Å². The summed E-state index contributed by atoms with van der Waals surface area (Å²) in [7, 11) is 0. The highest BCUT2D eigenvalue weighted by Gasteiger charge is 2.26. The molecule has 110 valence electrons. The van der Waals surface area contributed by atoms with Gasteiger partial charge in [0.15, 0.2) is 5.78 Å². The molecule has 0 spiro atoms. The molecule has 0 unspecified atom stereocenters. The lowest BCUT2D eigenvalue weighted by molar-refractivity contribution is 0.0990. The molecule has 0 aliphatic carbocycles. The lowest BCUT2D eigenvalue weighted by Crippen LogP contribution is -2.40. The average Bonchev–Trinajstić information content (AvgIpc) is 2.42. The quantitative estimate of drug-likeness (QED) is 0.542. The number of rotatable bonds is 6. The Morgan fingerprint density at radius 1 is 1.50 bits per heavy atom. The number of aliphatic hydroxyl groups excluding tert-OH is 1. The minimum Gasteiger partial charge on any atom is -0.484 e. The van der Waals surface area contributed by atoms with Crippen molar-refractivity contribution >= 4 is 11.5 Å². The van der Waals surface area contributed by atoms with Crippen molar-refractivity contribution in [1.29, 1.82) is 0 Å². The van der Waals surface area contributed by atoms with Crippen LogP contribution in [0.4, 0.5) is 5.69 Å². The number of nitrogens with one attached hydrogen (secondary N) is 2. The number of benzene rings is 1. The van der Waals surface area contributed by atoms with E-state index in [1.807, 2.05) is 26.0 Å². The van der Waals surface area contributed by atoms with Crippen molar-refractivity contribution < 1.29 is 14.6 Å². The smallest absolute Gasteiger partial charge is 0.176 e. The number of anilines is 1. The predicted molar refractivity (Wildman–Crippen MR) is 78.5 cm³/mol. The molecular formula is C15H22N2O3. The second kappa shape index (κ2) is 6.24. The fourth-order valence-corrected chi connectivity index (χ4v) is 2.08. The number of fused-ring (bicyclic) bond motifs is 1. The van der Waals surface area contributed by atoms with E-state index in [1.54, 1.807) is 6.07 Å². The number of ketones is 1. The summed E-state index contributed by atoms with van der Waals surface area (Å²) >= 11 is 0. The molecule has 2 rings (SSSR count). The summed E-state index contributed by atoms with van der Waals surface area (Å²) in [4.78, 5) is 12.0. The van der Waals surface area contributed by atoms with Gasteiger partial charge >= 0.3 is 0 Å². The Morgan fingerprint density at radius 2 is 2.30 bits per heavy atom. The molecule has 1 aliphatic heterocycles. The van der Waals surface area contributed by atoms with Crippen LogP contribution in [0.2, 0.25) is 0 Å². The molecule has 1 aromatic carbocycles. The van der Waals surface area contributed by atoms with Crippen molar-refractivity contribution in [3.05, 3.63) is 23.8 Å². The first-order chi connectivity index (χ1) is 9.52. The molecule has 1 aromatic rings. The second-order valence-electron chi connectivity index (χ2n) is 5.60. The fraction of sp³-hybridized carbons (Fsp3) is 0.533. The van der Waals surface area contributed by atoms with Crippen LogP contribution < -0.4 is 15.4 Å². The summed E-state index contributed by atoms with van der Waals surface area (Å²) in [5.41, 5.74) is 1.30. The third kappa shape index (κ3) is 3.71. The number of Topliss-reactive ketones (excluding diaryl/α,β-unsaturated/α-hetero) is 1. The van der Waals surface area contributed by atoms with Crippen molar-refractivity contribution in [2.75, 3.05) is 31.6 Å². The van der Waals surface area contributed by atoms with Gasteiger partial charge in [0.1, 0.15) is 11.4 Å². The number of ether oxygens (including phenoxy) is 1. The highest BCUT2D eigenvalue weighted by molar-refractivity contribution is 5.98. The molecular weight excluding hydrogens is 256 g/mol. The molecule has 0 fully saturated rings. The molecule has 0 amide bonds. The summed E-state index contributed by atoms with van der Waals surface area (Å²) in [5, 5.41) is 15.0. The van der Waals surface area contributed by atoms with Crippen molar-refractivity contribution in [3.63, 3.8) is 0 Å². The largest absolute Gasteiger partial charge is 0.484 e. The Labute approximate surface area is 119 Å². The fourth-order valence-electron chi connectivity index (χ4n) is 2.08. The molecule has 5 nitrogen and oxygen atoms in total. The highest BCUT2D eigenvalue weighted by Crippen LogP contribution is 2.33. The zero-order valence-electron chi connectivity index (χ0n) is 12.0. The van der Waals surface area contributed by atoms with Gasteiger partial charge in [0.25, 0.3) is 0 Å². The molecule has 1 aliphatic rings. The number of aliphatic hydroxyl groups is 1. The predicted octanol–water partition coefficient (Wildman–Crippen LogP) is 1.42. The van der Waals surface area contributed by atoms with Crippen LogP contribution in [0.1, 0.15) is 30.6 Å². The van der Waals surface area contributed by atoms with Gasteiger partial charge in [-0.25, -0.2) is 0 Å². The summed E-state index contributed by atoms with van der Waals surface area (Å²) in [6.07, 6.45) is 0.655. The van der Waals surface area contributed by atoms with Crippen molar-refractivity contribution in [2.45, 2.75) is 25.9 Å². The van der Waals surface area contributed by atoms with E-state index in [-0.39, 0.29) is 24.5 Å². The van der Waals surface area contributed by atoms with Crippen LogP contribution in [0.5, 0.6) is 5.75 Å². The Kier molecular flexibility index (Phi) is 4.62. The third-order valence-corrected chi connectivity index (χ3v) is 3.19. The Balaban J connectivity index is 1.99. The van der Waals surface area contributed by atoms with Gasteiger partial charge in [-0.05, 0) is 45.0 Å². The van der Waals surface area contributed by atoms with Gasteiger partial charge < -0.3 is 20.5 Å². The Hall–Kier alpha value is -1.59. The van der Waals surface area contributed by atoms with Crippen LogP contribution in [0, 0.1) is 0 Å². The van der Waals surface area contributed by atoms with Gasteiger partial charge in [-0.1, -0.05) is 0 Å². The number of hydrogen-bond donors (Lipinski definition) is 3. The monoisotopic (exact) mass is 278 g/mol. The van der Waals surface area contributed by atoms with Crippen LogP contribution in [0.3, 0.4) is 0 Å². The number of hydrogen-bond acceptors (Lipinski definition) is 5. The van der Waals surface area contributed by atoms with Crippen LogP contribution in [0.25, 0.3) is 0 Å². The Bertz CT molecular complexity index is 486.